The Labute approximate surface area is 164 Å². The molecule has 1 atom stereocenters. The Morgan fingerprint density at radius 1 is 1.18 bits per heavy atom. The van der Waals surface area contributed by atoms with Crippen LogP contribution in [0.2, 0.25) is 0 Å². The average molecular weight is 379 g/mol. The quantitative estimate of drug-likeness (QED) is 0.822. The van der Waals surface area contributed by atoms with Gasteiger partial charge in [-0.1, -0.05) is 24.3 Å². The highest BCUT2D eigenvalue weighted by atomic mass is 16.2. The Morgan fingerprint density at radius 3 is 2.79 bits per heavy atom. The second-order valence-corrected chi connectivity index (χ2v) is 7.38. The molecule has 0 spiro atoms. The first-order valence-corrected chi connectivity index (χ1v) is 9.65. The first kappa shape index (κ1) is 18.4. The monoisotopic (exact) mass is 379 g/mol. The van der Waals surface area contributed by atoms with Crippen LogP contribution in [0.5, 0.6) is 0 Å². The topological polar surface area (TPSA) is 77.6 Å². The number of piperazine rings is 1. The normalized spacial score (nSPS) is 19.7. The van der Waals surface area contributed by atoms with Crippen LogP contribution in [-0.4, -0.2) is 61.0 Å². The number of carbonyl (C=O) groups excluding carboxylic acids is 2. The van der Waals surface area contributed by atoms with Crippen molar-refractivity contribution in [2.75, 3.05) is 38.1 Å². The molecule has 2 amide bonds. The van der Waals surface area contributed by atoms with Crippen molar-refractivity contribution in [2.45, 2.75) is 19.0 Å². The van der Waals surface area contributed by atoms with Gasteiger partial charge in [-0.25, -0.2) is 4.98 Å². The molecule has 0 unspecified atom stereocenters. The number of fused-ring (bicyclic) bond motifs is 1. The van der Waals surface area contributed by atoms with Gasteiger partial charge >= 0.3 is 0 Å². The fraction of sp³-hybridized carbons (Fsp3) is 0.381. The molecule has 2 aliphatic heterocycles. The van der Waals surface area contributed by atoms with Gasteiger partial charge in [-0.15, -0.1) is 0 Å². The summed E-state index contributed by atoms with van der Waals surface area (Å²) in [4.78, 5) is 34.0. The highest BCUT2D eigenvalue weighted by Crippen LogP contribution is 2.19. The van der Waals surface area contributed by atoms with Gasteiger partial charge in [0.1, 0.15) is 11.9 Å². The zero-order valence-corrected chi connectivity index (χ0v) is 16.0. The molecular formula is C21H25N5O2. The number of hydrogen-bond acceptors (Lipinski definition) is 5. The fourth-order valence-electron chi connectivity index (χ4n) is 3.76. The lowest BCUT2D eigenvalue weighted by molar-refractivity contribution is -0.123. The van der Waals surface area contributed by atoms with Crippen molar-refractivity contribution in [2.24, 2.45) is 0 Å². The summed E-state index contributed by atoms with van der Waals surface area (Å²) >= 11 is 0. The number of anilines is 1. The predicted octanol–water partition coefficient (Wildman–Crippen LogP) is 0.804. The van der Waals surface area contributed by atoms with Gasteiger partial charge in [-0.2, -0.15) is 0 Å². The van der Waals surface area contributed by atoms with Gasteiger partial charge in [0.05, 0.1) is 0 Å². The molecule has 2 N–H and O–H groups in total. The summed E-state index contributed by atoms with van der Waals surface area (Å²) in [6, 6.07) is 10.8. The minimum absolute atomic E-state index is 0.170. The SMILES string of the molecule is CN1CCN(c2ncccc2CNC(=O)[C@@H]2Cc3ccccc3C(=O)N2)CC1. The van der Waals surface area contributed by atoms with E-state index < -0.39 is 6.04 Å². The van der Waals surface area contributed by atoms with Crippen LogP contribution in [-0.2, 0) is 17.8 Å². The number of rotatable bonds is 4. The van der Waals surface area contributed by atoms with Crippen molar-refractivity contribution in [1.82, 2.24) is 20.5 Å². The summed E-state index contributed by atoms with van der Waals surface area (Å²) in [5.41, 5.74) is 2.55. The first-order valence-electron chi connectivity index (χ1n) is 9.65. The summed E-state index contributed by atoms with van der Waals surface area (Å²) in [5, 5.41) is 5.79. The van der Waals surface area contributed by atoms with Crippen LogP contribution < -0.4 is 15.5 Å². The molecule has 4 rings (SSSR count). The molecule has 0 saturated carbocycles. The van der Waals surface area contributed by atoms with E-state index in [9.17, 15) is 9.59 Å². The number of amides is 2. The van der Waals surface area contributed by atoms with Gasteiger partial charge in [0, 0.05) is 56.5 Å². The number of nitrogens with one attached hydrogen (secondary N) is 2. The molecule has 28 heavy (non-hydrogen) atoms. The lowest BCUT2D eigenvalue weighted by atomic mass is 9.95. The van der Waals surface area contributed by atoms with E-state index in [1.54, 1.807) is 12.3 Å². The molecule has 1 saturated heterocycles. The van der Waals surface area contributed by atoms with Crippen LogP contribution in [0, 0.1) is 0 Å². The third kappa shape index (κ3) is 3.84. The number of aromatic nitrogens is 1. The summed E-state index contributed by atoms with van der Waals surface area (Å²) < 4.78 is 0. The van der Waals surface area contributed by atoms with E-state index in [1.807, 2.05) is 30.3 Å². The second kappa shape index (κ2) is 7.98. The van der Waals surface area contributed by atoms with Crippen molar-refractivity contribution in [3.05, 3.63) is 59.3 Å². The van der Waals surface area contributed by atoms with Gasteiger partial charge in [-0.05, 0) is 24.7 Å². The Bertz CT molecular complexity index is 877. The zero-order valence-electron chi connectivity index (χ0n) is 16.0. The molecule has 1 aromatic heterocycles. The smallest absolute Gasteiger partial charge is 0.252 e. The second-order valence-electron chi connectivity index (χ2n) is 7.38. The van der Waals surface area contributed by atoms with Crippen molar-refractivity contribution in [3.63, 3.8) is 0 Å². The summed E-state index contributed by atoms with van der Waals surface area (Å²) in [5.74, 6) is 0.562. The maximum absolute atomic E-state index is 12.7. The molecular weight excluding hydrogens is 354 g/mol. The molecule has 7 nitrogen and oxygen atoms in total. The van der Waals surface area contributed by atoms with Crippen LogP contribution in [0.1, 0.15) is 21.5 Å². The molecule has 146 valence electrons. The number of hydrogen-bond donors (Lipinski definition) is 2. The summed E-state index contributed by atoms with van der Waals surface area (Å²) in [7, 11) is 2.12. The van der Waals surface area contributed by atoms with E-state index in [-0.39, 0.29) is 11.8 Å². The van der Waals surface area contributed by atoms with Crippen LogP contribution >= 0.6 is 0 Å². The van der Waals surface area contributed by atoms with E-state index in [0.717, 1.165) is 43.1 Å². The van der Waals surface area contributed by atoms with E-state index >= 15 is 0 Å². The zero-order chi connectivity index (χ0) is 19.5. The number of pyridine rings is 1. The maximum atomic E-state index is 12.7. The number of nitrogens with zero attached hydrogens (tertiary/aromatic N) is 3. The number of benzene rings is 1. The molecule has 0 radical (unpaired) electrons. The lowest BCUT2D eigenvalue weighted by Gasteiger charge is -2.34. The lowest BCUT2D eigenvalue weighted by Crippen LogP contribution is -2.50. The van der Waals surface area contributed by atoms with Crippen molar-refractivity contribution in [3.8, 4) is 0 Å². The molecule has 1 fully saturated rings. The van der Waals surface area contributed by atoms with Crippen molar-refractivity contribution in [1.29, 1.82) is 0 Å². The van der Waals surface area contributed by atoms with Crippen LogP contribution in [0.4, 0.5) is 5.82 Å². The first-order chi connectivity index (χ1) is 13.6. The van der Waals surface area contributed by atoms with Crippen LogP contribution in [0.3, 0.4) is 0 Å². The Morgan fingerprint density at radius 2 is 1.96 bits per heavy atom. The summed E-state index contributed by atoms with van der Waals surface area (Å²) in [6.45, 7) is 4.22. The Hall–Kier alpha value is -2.93. The fourth-order valence-corrected chi connectivity index (χ4v) is 3.76. The highest BCUT2D eigenvalue weighted by Gasteiger charge is 2.28. The van der Waals surface area contributed by atoms with E-state index in [2.05, 4.69) is 32.5 Å². The van der Waals surface area contributed by atoms with E-state index in [1.165, 1.54) is 0 Å². The molecule has 0 bridgehead atoms. The minimum Gasteiger partial charge on any atom is -0.354 e. The maximum Gasteiger partial charge on any atom is 0.252 e. The standard InChI is InChI=1S/C21H25N5O2/c1-25-9-11-26(12-10-25)19-16(6-4-8-22-19)14-23-21(28)18-13-15-5-2-3-7-17(15)20(27)24-18/h2-8,18H,9-14H2,1H3,(H,23,28)(H,24,27)/t18-/m0/s1. The molecule has 1 aromatic carbocycles. The van der Waals surface area contributed by atoms with E-state index in [0.29, 0.717) is 18.5 Å². The Kier molecular flexibility index (Phi) is 5.25. The van der Waals surface area contributed by atoms with E-state index in [4.69, 9.17) is 0 Å². The van der Waals surface area contributed by atoms with Crippen LogP contribution in [0.25, 0.3) is 0 Å². The largest absolute Gasteiger partial charge is 0.354 e. The average Bonchev–Trinajstić information content (AvgIpc) is 2.73. The van der Waals surface area contributed by atoms with Gasteiger partial charge in [0.25, 0.3) is 5.91 Å². The third-order valence-electron chi connectivity index (χ3n) is 5.43. The van der Waals surface area contributed by atoms with Gasteiger partial charge in [-0.3, -0.25) is 9.59 Å². The van der Waals surface area contributed by atoms with Crippen molar-refractivity contribution < 1.29 is 9.59 Å². The highest BCUT2D eigenvalue weighted by molar-refractivity contribution is 6.00. The minimum atomic E-state index is -0.550. The molecule has 3 heterocycles. The predicted molar refractivity (Wildman–Crippen MR) is 107 cm³/mol. The van der Waals surface area contributed by atoms with Gasteiger partial charge in [0.15, 0.2) is 0 Å². The van der Waals surface area contributed by atoms with Gasteiger partial charge < -0.3 is 20.4 Å². The summed E-state index contributed by atoms with van der Waals surface area (Å²) in [6.07, 6.45) is 2.30. The van der Waals surface area contributed by atoms with Crippen molar-refractivity contribution >= 4 is 17.6 Å². The van der Waals surface area contributed by atoms with Gasteiger partial charge in [0.2, 0.25) is 5.91 Å². The number of likely N-dealkylation sites (N-methyl/N-ethyl adjacent to an activating group) is 1. The molecule has 0 aliphatic carbocycles. The molecule has 7 heteroatoms. The van der Waals surface area contributed by atoms with Crippen LogP contribution in [0.15, 0.2) is 42.6 Å². The molecule has 2 aliphatic rings. The third-order valence-corrected chi connectivity index (χ3v) is 5.43. The Balaban J connectivity index is 1.41. The number of carbonyl (C=O) groups is 2. The molecule has 2 aromatic rings.